The lowest BCUT2D eigenvalue weighted by molar-refractivity contribution is -0.307. The summed E-state index contributed by atoms with van der Waals surface area (Å²) < 4.78 is 17.7. The molecule has 2 aliphatic heterocycles. The first kappa shape index (κ1) is 20.4. The van der Waals surface area contributed by atoms with Crippen LogP contribution in [0.15, 0.2) is 24.3 Å². The summed E-state index contributed by atoms with van der Waals surface area (Å²) in [4.78, 5) is 11.5. The lowest BCUT2D eigenvalue weighted by atomic mass is 9.50. The van der Waals surface area contributed by atoms with Crippen LogP contribution in [0.4, 0.5) is 0 Å². The molecule has 1 spiro atoms. The Hall–Kier alpha value is -2.17. The molecule has 5 aliphatic rings. The number of aromatic hydroxyl groups is 1. The lowest BCUT2D eigenvalue weighted by Crippen LogP contribution is -2.63. The van der Waals surface area contributed by atoms with E-state index in [1.807, 2.05) is 12.1 Å². The summed E-state index contributed by atoms with van der Waals surface area (Å²) >= 11 is 0. The quantitative estimate of drug-likeness (QED) is 0.411. The normalized spacial score (nSPS) is 45.8. The van der Waals surface area contributed by atoms with Gasteiger partial charge < -0.3 is 39.7 Å². The maximum Gasteiger partial charge on any atom is 0.335 e. The van der Waals surface area contributed by atoms with Gasteiger partial charge in [-0.2, -0.15) is 0 Å². The van der Waals surface area contributed by atoms with E-state index in [1.54, 1.807) is 6.07 Å². The number of carboxylic acid groups (broad SMARTS) is 1. The molecule has 0 radical (unpaired) electrons. The number of hydrogen-bond donors (Lipinski definition) is 5. The molecule has 9 heteroatoms. The molecule has 1 aromatic rings. The average Bonchev–Trinajstić information content (AvgIpc) is 3.11. The van der Waals surface area contributed by atoms with Crippen LogP contribution >= 0.6 is 0 Å². The first-order valence-electron chi connectivity index (χ1n) is 11.1. The zero-order chi connectivity index (χ0) is 22.4. The summed E-state index contributed by atoms with van der Waals surface area (Å²) in [6, 6.07) is 3.62. The Balaban J connectivity index is 1.37. The van der Waals surface area contributed by atoms with Crippen LogP contribution in [0.2, 0.25) is 0 Å². The first-order valence-corrected chi connectivity index (χ1v) is 11.1. The summed E-state index contributed by atoms with van der Waals surface area (Å²) in [6.45, 7) is 0. The van der Waals surface area contributed by atoms with Gasteiger partial charge in [-0.3, -0.25) is 0 Å². The van der Waals surface area contributed by atoms with E-state index in [0.29, 0.717) is 11.7 Å². The Kier molecular flexibility index (Phi) is 4.42. The van der Waals surface area contributed by atoms with Crippen molar-refractivity contribution in [1.29, 1.82) is 0 Å². The highest BCUT2D eigenvalue weighted by molar-refractivity contribution is 5.73. The summed E-state index contributed by atoms with van der Waals surface area (Å²) in [5, 5.41) is 50.4. The third kappa shape index (κ3) is 2.54. The van der Waals surface area contributed by atoms with E-state index >= 15 is 0 Å². The van der Waals surface area contributed by atoms with Gasteiger partial charge in [-0.1, -0.05) is 24.6 Å². The van der Waals surface area contributed by atoms with Crippen molar-refractivity contribution in [2.75, 3.05) is 0 Å². The summed E-state index contributed by atoms with van der Waals surface area (Å²) in [7, 11) is 0. The lowest BCUT2D eigenvalue weighted by Gasteiger charge is -2.54. The number of hydrogen-bond acceptors (Lipinski definition) is 8. The van der Waals surface area contributed by atoms with Gasteiger partial charge in [-0.05, 0) is 42.7 Å². The van der Waals surface area contributed by atoms with E-state index in [-0.39, 0.29) is 17.1 Å². The van der Waals surface area contributed by atoms with Crippen LogP contribution in [0.25, 0.3) is 0 Å². The largest absolute Gasteiger partial charge is 0.504 e. The first-order chi connectivity index (χ1) is 15.3. The Morgan fingerprint density at radius 1 is 1.12 bits per heavy atom. The molecule has 0 aromatic heterocycles. The van der Waals surface area contributed by atoms with Crippen LogP contribution in [-0.4, -0.2) is 74.4 Å². The van der Waals surface area contributed by atoms with Gasteiger partial charge in [0.25, 0.3) is 0 Å². The zero-order valence-electron chi connectivity index (χ0n) is 17.2. The number of aliphatic hydroxyl groups excluding tert-OH is 3. The van der Waals surface area contributed by atoms with Crippen LogP contribution in [0.3, 0.4) is 0 Å². The molecule has 10 atom stereocenters. The Bertz CT molecular complexity index is 992. The van der Waals surface area contributed by atoms with Gasteiger partial charge in [0.15, 0.2) is 23.9 Å². The molecule has 5 N–H and O–H groups in total. The molecule has 1 unspecified atom stereocenters. The molecule has 172 valence electrons. The fraction of sp³-hybridized carbons (Fsp3) is 0.609. The van der Waals surface area contributed by atoms with Crippen LogP contribution < -0.4 is 4.74 Å². The van der Waals surface area contributed by atoms with Crippen LogP contribution in [-0.2, 0) is 26.1 Å². The highest BCUT2D eigenvalue weighted by atomic mass is 16.7. The number of phenols is 1. The number of allylic oxidation sites excluding steroid dienone is 1. The van der Waals surface area contributed by atoms with Crippen molar-refractivity contribution in [3.05, 3.63) is 35.4 Å². The number of carboxylic acids is 1. The molecule has 1 saturated carbocycles. The third-order valence-electron chi connectivity index (χ3n) is 8.10. The van der Waals surface area contributed by atoms with E-state index < -0.39 is 48.9 Å². The SMILES string of the molecule is O=C(O)[C@H]1O[C@@H](O[C@H]2C=CC3[C@@H]4CCC[C@@]35c3c(ccc(O)c3O[C@@H]25)C4)[C@H](O)[C@@H](O)[C@@H]1O. The predicted molar refractivity (Wildman–Crippen MR) is 107 cm³/mol. The van der Waals surface area contributed by atoms with Crippen LogP contribution in [0, 0.1) is 11.8 Å². The number of ether oxygens (including phenoxy) is 3. The molecule has 1 saturated heterocycles. The van der Waals surface area contributed by atoms with Crippen molar-refractivity contribution in [3.8, 4) is 11.5 Å². The Morgan fingerprint density at radius 2 is 1.94 bits per heavy atom. The predicted octanol–water partition coefficient (Wildman–Crippen LogP) is 0.211. The third-order valence-corrected chi connectivity index (χ3v) is 8.10. The Morgan fingerprint density at radius 3 is 2.72 bits per heavy atom. The summed E-state index contributed by atoms with van der Waals surface area (Å²) in [6.07, 6.45) is -1.68. The van der Waals surface area contributed by atoms with Gasteiger partial charge in [0, 0.05) is 11.0 Å². The van der Waals surface area contributed by atoms with E-state index in [4.69, 9.17) is 14.2 Å². The van der Waals surface area contributed by atoms with Crippen LogP contribution in [0.5, 0.6) is 11.5 Å². The highest BCUT2D eigenvalue weighted by Crippen LogP contribution is 2.64. The van der Waals surface area contributed by atoms with Gasteiger partial charge in [0.2, 0.25) is 0 Å². The molecular formula is C23H26O9. The summed E-state index contributed by atoms with van der Waals surface area (Å²) in [5.74, 6) is -0.226. The van der Waals surface area contributed by atoms with Gasteiger partial charge in [-0.25, -0.2) is 4.79 Å². The smallest absolute Gasteiger partial charge is 0.335 e. The maximum absolute atomic E-state index is 11.5. The van der Waals surface area contributed by atoms with E-state index in [1.165, 1.54) is 5.56 Å². The fourth-order valence-corrected chi connectivity index (χ4v) is 6.80. The number of carbonyl (C=O) groups is 1. The minimum atomic E-state index is -1.78. The zero-order valence-corrected chi connectivity index (χ0v) is 17.2. The molecule has 1 aromatic carbocycles. The van der Waals surface area contributed by atoms with Gasteiger partial charge in [-0.15, -0.1) is 0 Å². The molecule has 32 heavy (non-hydrogen) atoms. The fourth-order valence-electron chi connectivity index (χ4n) is 6.80. The molecule has 2 fully saturated rings. The molecule has 2 heterocycles. The monoisotopic (exact) mass is 446 g/mol. The van der Waals surface area contributed by atoms with E-state index in [9.17, 15) is 30.3 Å². The minimum absolute atomic E-state index is 0.0764. The number of aliphatic hydroxyl groups is 3. The van der Waals surface area contributed by atoms with Crippen molar-refractivity contribution in [2.24, 2.45) is 11.8 Å². The van der Waals surface area contributed by atoms with Crippen molar-refractivity contribution >= 4 is 5.97 Å². The maximum atomic E-state index is 11.5. The van der Waals surface area contributed by atoms with Crippen molar-refractivity contribution in [1.82, 2.24) is 0 Å². The molecule has 0 amide bonds. The second-order valence-electron chi connectivity index (χ2n) is 9.63. The summed E-state index contributed by atoms with van der Waals surface area (Å²) in [5.41, 5.74) is 1.83. The van der Waals surface area contributed by atoms with E-state index in [2.05, 4.69) is 6.08 Å². The number of rotatable bonds is 3. The second-order valence-corrected chi connectivity index (χ2v) is 9.63. The van der Waals surface area contributed by atoms with Crippen molar-refractivity contribution < 1.29 is 44.5 Å². The minimum Gasteiger partial charge on any atom is -0.504 e. The van der Waals surface area contributed by atoms with Crippen molar-refractivity contribution in [3.63, 3.8) is 0 Å². The van der Waals surface area contributed by atoms with Crippen LogP contribution in [0.1, 0.15) is 30.4 Å². The van der Waals surface area contributed by atoms with Gasteiger partial charge >= 0.3 is 5.97 Å². The van der Waals surface area contributed by atoms with E-state index in [0.717, 1.165) is 31.2 Å². The molecule has 6 rings (SSSR count). The molecule has 9 nitrogen and oxygen atoms in total. The number of aliphatic carboxylic acids is 1. The van der Waals surface area contributed by atoms with Gasteiger partial charge in [0.05, 0.1) is 0 Å². The van der Waals surface area contributed by atoms with Crippen molar-refractivity contribution in [2.45, 2.75) is 74.0 Å². The standard InChI is InChI=1S/C23H26O9/c24-12-5-3-10-8-9-2-1-7-23-11(9)4-6-13(20(23)31-18(12)14(10)23)30-22-17(27)15(25)16(26)19(32-22)21(28)29/h3-6,9,11,13,15-17,19-20,22,24-27H,1-2,7-8H2,(H,28,29)/t9-,11?,13+,15+,16+,17-,19+,20+,22-,23+/m1/s1. The Labute approximate surface area is 183 Å². The molecule has 2 bridgehead atoms. The number of benzene rings is 1. The molecular weight excluding hydrogens is 420 g/mol. The highest BCUT2D eigenvalue weighted by Gasteiger charge is 2.64. The molecule has 3 aliphatic carbocycles. The second kappa shape index (κ2) is 6.91. The topological polar surface area (TPSA) is 146 Å². The number of phenolic OH excluding ortho intramolecular Hbond substituents is 1. The average molecular weight is 446 g/mol. The van der Waals surface area contributed by atoms with Gasteiger partial charge in [0.1, 0.15) is 30.5 Å².